The first-order valence-electron chi connectivity index (χ1n) is 13.8. The van der Waals surface area contributed by atoms with Gasteiger partial charge in [-0.25, -0.2) is 0 Å². The molecule has 2 aliphatic rings. The average Bonchev–Trinajstić information content (AvgIpc) is 3.60. The van der Waals surface area contributed by atoms with Crippen LogP contribution in [0.15, 0.2) is 118 Å². The Labute approximate surface area is 250 Å². The summed E-state index contributed by atoms with van der Waals surface area (Å²) >= 11 is 4.20. The zero-order valence-corrected chi connectivity index (χ0v) is 27.5. The van der Waals surface area contributed by atoms with Gasteiger partial charge in [-0.2, -0.15) is 0 Å². The van der Waals surface area contributed by atoms with E-state index in [9.17, 15) is 0 Å². The Hall–Kier alpha value is -2.40. The van der Waals surface area contributed by atoms with Gasteiger partial charge in [-0.05, 0) is 0 Å². The third-order valence-electron chi connectivity index (χ3n) is 9.11. The van der Waals surface area contributed by atoms with E-state index in [1.54, 1.807) is 7.16 Å². The van der Waals surface area contributed by atoms with Crippen LogP contribution >= 0.6 is 31.9 Å². The van der Waals surface area contributed by atoms with Crippen LogP contribution in [0.4, 0.5) is 0 Å². The first kappa shape index (κ1) is 24.4. The Balaban J connectivity index is 1.64. The summed E-state index contributed by atoms with van der Waals surface area (Å²) in [4.78, 5) is 0. The van der Waals surface area contributed by atoms with Crippen molar-refractivity contribution in [1.82, 2.24) is 0 Å². The number of hydrogen-bond acceptors (Lipinski definition) is 0. The van der Waals surface area contributed by atoms with Crippen molar-refractivity contribution in [2.75, 3.05) is 0 Å². The first-order chi connectivity index (χ1) is 19.2. The van der Waals surface area contributed by atoms with Crippen molar-refractivity contribution in [3.05, 3.63) is 140 Å². The van der Waals surface area contributed by atoms with E-state index >= 15 is 0 Å². The Bertz CT molecular complexity index is 1760. The van der Waals surface area contributed by atoms with Gasteiger partial charge >= 0.3 is 252 Å². The molecule has 0 amide bonds. The van der Waals surface area contributed by atoms with Crippen LogP contribution in [0, 0.1) is 0 Å². The fraction of sp³-hybridized carbons (Fsp3) is 0.111. The molecule has 0 radical (unpaired) electrons. The van der Waals surface area contributed by atoms with Crippen molar-refractivity contribution < 1.29 is 0 Å². The molecule has 6 aromatic carbocycles. The first-order valence-corrected chi connectivity index (χ1v) is 21.1. The number of aryl methyl sites for hydroxylation is 4. The van der Waals surface area contributed by atoms with E-state index in [1.807, 2.05) is 0 Å². The van der Waals surface area contributed by atoms with E-state index < -0.39 is 18.4 Å². The summed E-state index contributed by atoms with van der Waals surface area (Å²) in [6.45, 7) is 0. The van der Waals surface area contributed by atoms with Gasteiger partial charge in [-0.1, -0.05) is 0 Å². The molecule has 0 spiro atoms. The van der Waals surface area contributed by atoms with Gasteiger partial charge in [0.1, 0.15) is 0 Å². The van der Waals surface area contributed by atoms with E-state index in [0.717, 1.165) is 25.7 Å². The van der Waals surface area contributed by atoms with Gasteiger partial charge in [0.25, 0.3) is 0 Å². The molecular weight excluding hydrogens is 711 g/mol. The second-order valence-electron chi connectivity index (χ2n) is 10.9. The summed E-state index contributed by atoms with van der Waals surface area (Å²) in [7, 11) is 0. The minimum absolute atomic E-state index is 1.13. The monoisotopic (exact) mass is 736 g/mol. The van der Waals surface area contributed by atoms with E-state index in [-0.39, 0.29) is 0 Å². The minimum atomic E-state index is -3.95. The topological polar surface area (TPSA) is 0 Å². The van der Waals surface area contributed by atoms with Crippen LogP contribution < -0.4 is 14.3 Å². The summed E-state index contributed by atoms with van der Waals surface area (Å²) in [6, 6.07) is 42.2. The molecule has 0 N–H and O–H groups in total. The Morgan fingerprint density at radius 2 is 0.744 bits per heavy atom. The van der Waals surface area contributed by atoms with Gasteiger partial charge in [0.15, 0.2) is 0 Å². The van der Waals surface area contributed by atoms with Crippen molar-refractivity contribution in [1.29, 1.82) is 0 Å². The number of halogens is 2. The van der Waals surface area contributed by atoms with Crippen molar-refractivity contribution in [2.45, 2.75) is 25.7 Å². The molecule has 6 aromatic rings. The average molecular weight is 737 g/mol. The van der Waals surface area contributed by atoms with Crippen molar-refractivity contribution in [3.63, 3.8) is 0 Å². The molecule has 0 saturated heterocycles. The molecule has 0 unspecified atom stereocenters. The normalized spacial score (nSPS) is 14.0. The molecule has 0 fully saturated rings. The third kappa shape index (κ3) is 3.47. The fourth-order valence-electron chi connectivity index (χ4n) is 7.51. The zero-order chi connectivity index (χ0) is 26.1. The summed E-state index contributed by atoms with van der Waals surface area (Å²) in [5.41, 5.74) is 5.97. The SMILES string of the molecule is Brc1ccc2c3c(cc[c]([Sn]([c]4ccccc4)([c]4ccccc4)[c]4ccc5c6c(ccc(Br)c46)CC5)c13)CC2. The molecule has 3 heteroatoms. The van der Waals surface area contributed by atoms with E-state index in [1.165, 1.54) is 59.9 Å². The molecule has 0 atom stereocenters. The van der Waals surface area contributed by atoms with Gasteiger partial charge in [0.2, 0.25) is 0 Å². The van der Waals surface area contributed by atoms with Crippen LogP contribution in [0.1, 0.15) is 22.3 Å². The molecule has 0 nitrogen and oxygen atoms in total. The Morgan fingerprint density at radius 3 is 1.13 bits per heavy atom. The molecule has 2 aliphatic carbocycles. The second kappa shape index (κ2) is 9.33. The molecule has 8 rings (SSSR count). The van der Waals surface area contributed by atoms with Gasteiger partial charge < -0.3 is 0 Å². The summed E-state index contributed by atoms with van der Waals surface area (Å²) < 4.78 is 8.52. The molecule has 0 aromatic heterocycles. The summed E-state index contributed by atoms with van der Waals surface area (Å²) in [5, 5.41) is 5.84. The molecule has 0 saturated carbocycles. The summed E-state index contributed by atoms with van der Waals surface area (Å²) in [5.74, 6) is 0. The number of benzene rings is 6. The molecule has 0 bridgehead atoms. The second-order valence-corrected chi connectivity index (χ2v) is 23.3. The number of hydrogen-bond donors (Lipinski definition) is 0. The molecule has 39 heavy (non-hydrogen) atoms. The zero-order valence-electron chi connectivity index (χ0n) is 21.5. The van der Waals surface area contributed by atoms with E-state index in [4.69, 9.17) is 0 Å². The maximum absolute atomic E-state index is 4.08. The summed E-state index contributed by atoms with van der Waals surface area (Å²) in [6.07, 6.45) is 4.53. The van der Waals surface area contributed by atoms with Gasteiger partial charge in [0.05, 0.1) is 0 Å². The molecular formula is C36H26Br2Sn. The van der Waals surface area contributed by atoms with Crippen LogP contribution in [-0.2, 0) is 25.7 Å². The Kier molecular flexibility index (Phi) is 5.83. The number of rotatable bonds is 4. The van der Waals surface area contributed by atoms with Gasteiger partial charge in [0, 0.05) is 0 Å². The van der Waals surface area contributed by atoms with Crippen molar-refractivity contribution in [3.8, 4) is 0 Å². The third-order valence-corrected chi connectivity index (χ3v) is 24.3. The van der Waals surface area contributed by atoms with E-state index in [2.05, 4.69) is 141 Å². The van der Waals surface area contributed by atoms with Crippen molar-refractivity contribution >= 4 is 86.1 Å². The molecule has 0 heterocycles. The van der Waals surface area contributed by atoms with Crippen LogP contribution in [0.3, 0.4) is 0 Å². The van der Waals surface area contributed by atoms with Crippen LogP contribution in [-0.4, -0.2) is 18.4 Å². The van der Waals surface area contributed by atoms with Crippen LogP contribution in [0.2, 0.25) is 0 Å². The van der Waals surface area contributed by atoms with E-state index in [0.29, 0.717) is 0 Å². The van der Waals surface area contributed by atoms with Gasteiger partial charge in [-0.15, -0.1) is 0 Å². The molecule has 188 valence electrons. The standard InChI is InChI=1S/2C12H8Br.2C6H5.Sn/c2*13-11-7-6-9-5-4-8-2-1-3-10(11)12(8)9;2*1-2-4-6-5-3-1;/h2*1-2,6-7H,4-5H2;2*1-5H;. The molecule has 0 aliphatic heterocycles. The fourth-order valence-corrected chi connectivity index (χ4v) is 24.5. The van der Waals surface area contributed by atoms with Crippen molar-refractivity contribution in [2.24, 2.45) is 0 Å². The quantitative estimate of drug-likeness (QED) is 0.170. The van der Waals surface area contributed by atoms with Gasteiger partial charge in [-0.3, -0.25) is 0 Å². The Morgan fingerprint density at radius 1 is 0.385 bits per heavy atom. The van der Waals surface area contributed by atoms with Crippen LogP contribution in [0.25, 0.3) is 21.5 Å². The maximum atomic E-state index is 4.08. The van der Waals surface area contributed by atoms with Crippen LogP contribution in [0.5, 0.6) is 0 Å². The predicted molar refractivity (Wildman–Crippen MR) is 175 cm³/mol. The predicted octanol–water partition coefficient (Wildman–Crippen LogP) is 7.09.